The molecule has 13 nitrogen and oxygen atoms in total. The van der Waals surface area contributed by atoms with Gasteiger partial charge in [-0.1, -0.05) is 0 Å². The summed E-state index contributed by atoms with van der Waals surface area (Å²) in [7, 11) is 0. The molecule has 0 saturated carbocycles. The van der Waals surface area contributed by atoms with Gasteiger partial charge in [-0.2, -0.15) is 0 Å². The van der Waals surface area contributed by atoms with E-state index in [9.17, 15) is 14.4 Å². The van der Waals surface area contributed by atoms with Gasteiger partial charge in [0.25, 0.3) is 17.7 Å². The van der Waals surface area contributed by atoms with E-state index in [2.05, 4.69) is 21.4 Å². The van der Waals surface area contributed by atoms with Crippen molar-refractivity contribution in [3.63, 3.8) is 0 Å². The van der Waals surface area contributed by atoms with E-state index in [1.165, 1.54) is 5.01 Å². The molecule has 0 radical (unpaired) electrons. The van der Waals surface area contributed by atoms with Gasteiger partial charge in [0.05, 0.1) is 6.54 Å². The standard InChI is InChI=1S/C31H44N10O3/c32-13-14-36-15-16-37-17-18-39-41(31(44)25-5-11-28(35)12-6-25)22-21-40(30(43)24-3-9-27(34)10-4-24)20-19-38-29(42)23-1-7-26(33)8-2-23/h1-12,36-37,39H,13-22,32-35H2,(H,38,42). The fraction of sp³-hybridized carbons (Fsp3) is 0.323. The summed E-state index contributed by atoms with van der Waals surface area (Å²) >= 11 is 0. The van der Waals surface area contributed by atoms with E-state index in [4.69, 9.17) is 22.9 Å². The molecule has 0 aliphatic carbocycles. The number of nitrogens with two attached hydrogens (primary N) is 4. The van der Waals surface area contributed by atoms with Crippen LogP contribution in [0.25, 0.3) is 0 Å². The second-order valence-corrected chi connectivity index (χ2v) is 10.1. The van der Waals surface area contributed by atoms with Crippen LogP contribution in [0.2, 0.25) is 0 Å². The van der Waals surface area contributed by atoms with Crippen LogP contribution in [-0.2, 0) is 0 Å². The molecule has 0 aliphatic heterocycles. The largest absolute Gasteiger partial charge is 0.399 e. The van der Waals surface area contributed by atoms with Gasteiger partial charge in [-0.3, -0.25) is 19.4 Å². The molecule has 3 amide bonds. The van der Waals surface area contributed by atoms with E-state index >= 15 is 0 Å². The Kier molecular flexibility index (Phi) is 13.9. The summed E-state index contributed by atoms with van der Waals surface area (Å²) < 4.78 is 0. The lowest BCUT2D eigenvalue weighted by molar-refractivity contribution is 0.0585. The lowest BCUT2D eigenvalue weighted by atomic mass is 10.1. The number of benzene rings is 3. The summed E-state index contributed by atoms with van der Waals surface area (Å²) in [6.45, 7) is 4.75. The summed E-state index contributed by atoms with van der Waals surface area (Å²) in [4.78, 5) is 41.2. The summed E-state index contributed by atoms with van der Waals surface area (Å²) in [5, 5.41) is 10.9. The maximum atomic E-state index is 13.5. The van der Waals surface area contributed by atoms with Crippen LogP contribution >= 0.6 is 0 Å². The van der Waals surface area contributed by atoms with Crippen molar-refractivity contribution in [2.45, 2.75) is 0 Å². The molecule has 0 aromatic heterocycles. The van der Waals surface area contributed by atoms with E-state index in [0.29, 0.717) is 53.4 Å². The first-order valence-corrected chi connectivity index (χ1v) is 14.6. The van der Waals surface area contributed by atoms with Crippen molar-refractivity contribution < 1.29 is 14.4 Å². The van der Waals surface area contributed by atoms with Crippen LogP contribution < -0.4 is 44.3 Å². The molecule has 3 aromatic rings. The van der Waals surface area contributed by atoms with Crippen molar-refractivity contribution in [2.75, 3.05) is 82.6 Å². The van der Waals surface area contributed by atoms with E-state index < -0.39 is 0 Å². The lowest BCUT2D eigenvalue weighted by Gasteiger charge is -2.29. The Labute approximate surface area is 258 Å². The van der Waals surface area contributed by atoms with Crippen LogP contribution in [0.15, 0.2) is 72.8 Å². The van der Waals surface area contributed by atoms with Crippen LogP contribution in [0.5, 0.6) is 0 Å². The summed E-state index contributed by atoms with van der Waals surface area (Å²) in [5.41, 5.74) is 29.1. The van der Waals surface area contributed by atoms with Gasteiger partial charge in [0.2, 0.25) is 0 Å². The third kappa shape index (κ3) is 11.2. The zero-order valence-corrected chi connectivity index (χ0v) is 24.9. The zero-order chi connectivity index (χ0) is 31.7. The smallest absolute Gasteiger partial charge is 0.268 e. The first-order valence-electron chi connectivity index (χ1n) is 14.6. The molecule has 0 aliphatic rings. The number of hydrogen-bond donors (Lipinski definition) is 8. The lowest BCUT2D eigenvalue weighted by Crippen LogP contribution is -2.50. The van der Waals surface area contributed by atoms with Gasteiger partial charge in [-0.05, 0) is 72.8 Å². The monoisotopic (exact) mass is 604 g/mol. The molecule has 0 unspecified atom stereocenters. The fourth-order valence-electron chi connectivity index (χ4n) is 4.23. The van der Waals surface area contributed by atoms with Crippen LogP contribution in [0.4, 0.5) is 17.1 Å². The Morgan fingerprint density at radius 2 is 1.02 bits per heavy atom. The van der Waals surface area contributed by atoms with Crippen molar-refractivity contribution >= 4 is 34.8 Å². The van der Waals surface area contributed by atoms with Gasteiger partial charge in [0, 0.05) is 92.7 Å². The Hall–Kier alpha value is -4.69. The Morgan fingerprint density at radius 3 is 1.57 bits per heavy atom. The van der Waals surface area contributed by atoms with E-state index in [0.717, 1.165) is 19.6 Å². The first kappa shape index (κ1) is 33.8. The topological polar surface area (TPSA) is 210 Å². The zero-order valence-electron chi connectivity index (χ0n) is 24.9. The number of nitrogens with zero attached hydrogens (tertiary/aromatic N) is 2. The highest BCUT2D eigenvalue weighted by Gasteiger charge is 2.21. The summed E-state index contributed by atoms with van der Waals surface area (Å²) in [6, 6.07) is 19.9. The number of nitrogens with one attached hydrogen (secondary N) is 4. The van der Waals surface area contributed by atoms with E-state index in [1.807, 2.05) is 0 Å². The number of carbonyl (C=O) groups is 3. The molecular formula is C31H44N10O3. The quantitative estimate of drug-likeness (QED) is 0.0557. The normalized spacial score (nSPS) is 10.8. The maximum Gasteiger partial charge on any atom is 0.268 e. The minimum absolute atomic E-state index is 0.188. The Bertz CT molecular complexity index is 1320. The number of rotatable bonds is 18. The maximum absolute atomic E-state index is 13.5. The van der Waals surface area contributed by atoms with Gasteiger partial charge in [-0.15, -0.1) is 0 Å². The molecule has 12 N–H and O–H groups in total. The number of hydrazine groups is 1. The third-order valence-corrected chi connectivity index (χ3v) is 6.69. The summed E-state index contributed by atoms with van der Waals surface area (Å²) in [6.07, 6.45) is 0. The summed E-state index contributed by atoms with van der Waals surface area (Å²) in [5.74, 6) is -0.790. The van der Waals surface area contributed by atoms with Crippen molar-refractivity contribution in [1.29, 1.82) is 0 Å². The van der Waals surface area contributed by atoms with Crippen LogP contribution in [0, 0.1) is 0 Å². The van der Waals surface area contributed by atoms with Gasteiger partial charge in [0.15, 0.2) is 0 Å². The Balaban J connectivity index is 1.67. The highest BCUT2D eigenvalue weighted by Crippen LogP contribution is 2.11. The molecule has 0 atom stereocenters. The molecule has 3 rings (SSSR count). The highest BCUT2D eigenvalue weighted by molar-refractivity contribution is 5.96. The molecule has 13 heteroatoms. The van der Waals surface area contributed by atoms with E-state index in [1.54, 1.807) is 77.7 Å². The number of hydrogen-bond acceptors (Lipinski definition) is 10. The van der Waals surface area contributed by atoms with Crippen LogP contribution in [-0.4, -0.2) is 93.1 Å². The molecule has 3 aromatic carbocycles. The second kappa shape index (κ2) is 18.1. The van der Waals surface area contributed by atoms with Crippen LogP contribution in [0.1, 0.15) is 31.1 Å². The highest BCUT2D eigenvalue weighted by atomic mass is 16.2. The SMILES string of the molecule is NCCNCCNCCNN(CCN(CCNC(=O)c1ccc(N)cc1)C(=O)c1ccc(N)cc1)C(=O)c1ccc(N)cc1. The molecule has 0 spiro atoms. The van der Waals surface area contributed by atoms with E-state index in [-0.39, 0.29) is 43.9 Å². The molecule has 44 heavy (non-hydrogen) atoms. The van der Waals surface area contributed by atoms with Crippen molar-refractivity contribution in [2.24, 2.45) is 5.73 Å². The predicted octanol–water partition coefficient (Wildman–Crippen LogP) is 0.0903. The van der Waals surface area contributed by atoms with Crippen LogP contribution in [0.3, 0.4) is 0 Å². The third-order valence-electron chi connectivity index (χ3n) is 6.69. The average Bonchev–Trinajstić information content (AvgIpc) is 3.03. The average molecular weight is 605 g/mol. The first-order chi connectivity index (χ1) is 21.3. The second-order valence-electron chi connectivity index (χ2n) is 10.1. The minimum atomic E-state index is -0.280. The van der Waals surface area contributed by atoms with Gasteiger partial charge >= 0.3 is 0 Å². The molecule has 0 fully saturated rings. The molecular weight excluding hydrogens is 560 g/mol. The number of amides is 3. The fourth-order valence-corrected chi connectivity index (χ4v) is 4.23. The molecule has 236 valence electrons. The Morgan fingerprint density at radius 1 is 0.545 bits per heavy atom. The number of anilines is 3. The van der Waals surface area contributed by atoms with Gasteiger partial charge < -0.3 is 43.8 Å². The molecule has 0 saturated heterocycles. The molecule has 0 bridgehead atoms. The minimum Gasteiger partial charge on any atom is -0.399 e. The number of carbonyl (C=O) groups excluding carboxylic acids is 3. The van der Waals surface area contributed by atoms with Gasteiger partial charge in [0.1, 0.15) is 0 Å². The predicted molar refractivity (Wildman–Crippen MR) is 175 cm³/mol. The van der Waals surface area contributed by atoms with Crippen molar-refractivity contribution in [1.82, 2.24) is 31.3 Å². The van der Waals surface area contributed by atoms with Gasteiger partial charge in [-0.25, -0.2) is 5.43 Å². The number of nitrogen functional groups attached to an aromatic ring is 3. The van der Waals surface area contributed by atoms with Crippen molar-refractivity contribution in [3.8, 4) is 0 Å². The molecule has 0 heterocycles. The van der Waals surface area contributed by atoms with Crippen molar-refractivity contribution in [3.05, 3.63) is 89.5 Å².